The van der Waals surface area contributed by atoms with E-state index in [4.69, 9.17) is 9.47 Å². The van der Waals surface area contributed by atoms with Gasteiger partial charge < -0.3 is 9.47 Å². The number of carbonyl (C=O) groups excluding carboxylic acids is 2. The van der Waals surface area contributed by atoms with E-state index in [-0.39, 0.29) is 6.61 Å². The number of aryl methyl sites for hydroxylation is 2. The number of nitrogens with zero attached hydrogens (tertiary/aromatic N) is 1. The van der Waals surface area contributed by atoms with Crippen molar-refractivity contribution >= 4 is 17.7 Å². The van der Waals surface area contributed by atoms with Crippen LogP contribution < -0.4 is 9.64 Å². The van der Waals surface area contributed by atoms with Crippen molar-refractivity contribution < 1.29 is 19.1 Å². The molecule has 5 nitrogen and oxygen atoms in total. The molecule has 0 aliphatic rings. The van der Waals surface area contributed by atoms with Gasteiger partial charge in [0.25, 0.3) is 0 Å². The van der Waals surface area contributed by atoms with Crippen LogP contribution in [-0.2, 0) is 4.74 Å². The molecule has 0 aromatic heterocycles. The van der Waals surface area contributed by atoms with Gasteiger partial charge in [0, 0.05) is 7.05 Å². The van der Waals surface area contributed by atoms with Gasteiger partial charge in [0.2, 0.25) is 0 Å². The van der Waals surface area contributed by atoms with Gasteiger partial charge in [-0.25, -0.2) is 9.59 Å². The van der Waals surface area contributed by atoms with E-state index in [0.717, 1.165) is 11.1 Å². The van der Waals surface area contributed by atoms with Gasteiger partial charge >= 0.3 is 12.1 Å². The van der Waals surface area contributed by atoms with Gasteiger partial charge in [0.15, 0.2) is 5.75 Å². The van der Waals surface area contributed by atoms with Crippen LogP contribution in [0, 0.1) is 13.8 Å². The molecule has 0 unspecified atom stereocenters. The van der Waals surface area contributed by atoms with E-state index in [1.165, 1.54) is 4.90 Å². The molecule has 0 saturated heterocycles. The van der Waals surface area contributed by atoms with E-state index >= 15 is 0 Å². The standard InChI is InChI=1S/C19H21NO4/c1-5-23-19(22)20(4)16-12-13(2)11-14(3)17(16)24-18(21)15-9-7-6-8-10-15/h6-12H,5H2,1-4H3. The maximum Gasteiger partial charge on any atom is 0.414 e. The first-order valence-electron chi connectivity index (χ1n) is 7.73. The minimum Gasteiger partial charge on any atom is -0.449 e. The molecular weight excluding hydrogens is 306 g/mol. The summed E-state index contributed by atoms with van der Waals surface area (Å²) in [4.78, 5) is 25.7. The van der Waals surface area contributed by atoms with Crippen LogP contribution in [0.15, 0.2) is 42.5 Å². The number of rotatable bonds is 4. The lowest BCUT2D eigenvalue weighted by Crippen LogP contribution is -2.28. The molecule has 1 amide bonds. The number of esters is 1. The Balaban J connectivity index is 2.38. The predicted octanol–water partition coefficient (Wildman–Crippen LogP) is 4.12. The molecule has 0 saturated carbocycles. The van der Waals surface area contributed by atoms with Crippen LogP contribution in [0.4, 0.5) is 10.5 Å². The van der Waals surface area contributed by atoms with Gasteiger partial charge in [-0.2, -0.15) is 0 Å². The Morgan fingerprint density at radius 3 is 2.38 bits per heavy atom. The second kappa shape index (κ2) is 7.64. The summed E-state index contributed by atoms with van der Waals surface area (Å²) >= 11 is 0. The van der Waals surface area contributed by atoms with Crippen molar-refractivity contribution in [3.63, 3.8) is 0 Å². The molecule has 0 heterocycles. The van der Waals surface area contributed by atoms with Gasteiger partial charge in [0.05, 0.1) is 17.9 Å². The SMILES string of the molecule is CCOC(=O)N(C)c1cc(C)cc(C)c1OC(=O)c1ccccc1. The van der Waals surface area contributed by atoms with Crippen molar-refractivity contribution in [2.75, 3.05) is 18.6 Å². The summed E-state index contributed by atoms with van der Waals surface area (Å²) < 4.78 is 10.6. The zero-order valence-electron chi connectivity index (χ0n) is 14.3. The molecule has 0 radical (unpaired) electrons. The summed E-state index contributed by atoms with van der Waals surface area (Å²) in [6.45, 7) is 5.76. The molecule has 0 atom stereocenters. The molecule has 2 aromatic carbocycles. The average Bonchev–Trinajstić information content (AvgIpc) is 2.57. The summed E-state index contributed by atoms with van der Waals surface area (Å²) in [5.41, 5.74) is 2.67. The van der Waals surface area contributed by atoms with E-state index in [1.807, 2.05) is 26.0 Å². The van der Waals surface area contributed by atoms with Crippen LogP contribution in [0.5, 0.6) is 5.75 Å². The average molecular weight is 327 g/mol. The Kier molecular flexibility index (Phi) is 5.58. The normalized spacial score (nSPS) is 10.2. The van der Waals surface area contributed by atoms with Gasteiger partial charge in [-0.15, -0.1) is 0 Å². The lowest BCUT2D eigenvalue weighted by atomic mass is 10.1. The molecule has 0 spiro atoms. The van der Waals surface area contributed by atoms with Crippen molar-refractivity contribution in [1.82, 2.24) is 0 Å². The molecule has 0 fully saturated rings. The van der Waals surface area contributed by atoms with Crippen LogP contribution in [0.2, 0.25) is 0 Å². The summed E-state index contributed by atoms with van der Waals surface area (Å²) in [7, 11) is 1.59. The molecule has 0 bridgehead atoms. The van der Waals surface area contributed by atoms with Gasteiger partial charge in [0.1, 0.15) is 0 Å². The van der Waals surface area contributed by atoms with Crippen LogP contribution >= 0.6 is 0 Å². The molecule has 2 rings (SSSR count). The van der Waals surface area contributed by atoms with Crippen molar-refractivity contribution in [1.29, 1.82) is 0 Å². The third-order valence-corrected chi connectivity index (χ3v) is 3.51. The minimum atomic E-state index is -0.500. The minimum absolute atomic E-state index is 0.271. The Labute approximate surface area is 141 Å². The van der Waals surface area contributed by atoms with Crippen LogP contribution in [0.25, 0.3) is 0 Å². The predicted molar refractivity (Wildman–Crippen MR) is 92.7 cm³/mol. The lowest BCUT2D eigenvalue weighted by Gasteiger charge is -2.21. The Morgan fingerprint density at radius 1 is 1.08 bits per heavy atom. The van der Waals surface area contributed by atoms with Crippen LogP contribution in [0.1, 0.15) is 28.4 Å². The first-order chi connectivity index (χ1) is 11.4. The zero-order valence-corrected chi connectivity index (χ0v) is 14.3. The first kappa shape index (κ1) is 17.5. The highest BCUT2D eigenvalue weighted by Crippen LogP contribution is 2.33. The fourth-order valence-electron chi connectivity index (χ4n) is 2.36. The Bertz CT molecular complexity index is 741. The van der Waals surface area contributed by atoms with Gasteiger partial charge in [-0.05, 0) is 50.1 Å². The molecule has 0 aliphatic heterocycles. The fourth-order valence-corrected chi connectivity index (χ4v) is 2.36. The largest absolute Gasteiger partial charge is 0.449 e. The van der Waals surface area contributed by atoms with Crippen LogP contribution in [0.3, 0.4) is 0 Å². The van der Waals surface area contributed by atoms with Crippen molar-refractivity contribution in [3.8, 4) is 5.75 Å². The van der Waals surface area contributed by atoms with E-state index in [0.29, 0.717) is 17.0 Å². The zero-order chi connectivity index (χ0) is 17.7. The molecule has 5 heteroatoms. The highest BCUT2D eigenvalue weighted by molar-refractivity contribution is 5.94. The van der Waals surface area contributed by atoms with Gasteiger partial charge in [-0.1, -0.05) is 24.3 Å². The molecular formula is C19H21NO4. The summed E-state index contributed by atoms with van der Waals surface area (Å²) in [6, 6.07) is 12.4. The molecule has 0 N–H and O–H groups in total. The summed E-state index contributed by atoms with van der Waals surface area (Å²) in [6.07, 6.45) is -0.500. The third-order valence-electron chi connectivity index (χ3n) is 3.51. The van der Waals surface area contributed by atoms with E-state index < -0.39 is 12.1 Å². The number of benzene rings is 2. The number of carbonyl (C=O) groups is 2. The Morgan fingerprint density at radius 2 is 1.75 bits per heavy atom. The second-order valence-electron chi connectivity index (χ2n) is 5.44. The summed E-state index contributed by atoms with van der Waals surface area (Å²) in [5.74, 6) is -0.119. The van der Waals surface area contributed by atoms with E-state index in [1.54, 1.807) is 44.3 Å². The topological polar surface area (TPSA) is 55.8 Å². The maximum absolute atomic E-state index is 12.4. The number of hydrogen-bond acceptors (Lipinski definition) is 4. The Hall–Kier alpha value is -2.82. The summed E-state index contributed by atoms with van der Waals surface area (Å²) in [5, 5.41) is 0. The van der Waals surface area contributed by atoms with Crippen molar-refractivity contribution in [2.24, 2.45) is 0 Å². The van der Waals surface area contributed by atoms with Gasteiger partial charge in [-0.3, -0.25) is 4.90 Å². The first-order valence-corrected chi connectivity index (χ1v) is 7.73. The highest BCUT2D eigenvalue weighted by atomic mass is 16.6. The lowest BCUT2D eigenvalue weighted by molar-refractivity contribution is 0.0733. The number of hydrogen-bond donors (Lipinski definition) is 0. The molecule has 2 aromatic rings. The molecule has 24 heavy (non-hydrogen) atoms. The van der Waals surface area contributed by atoms with Crippen molar-refractivity contribution in [3.05, 3.63) is 59.2 Å². The second-order valence-corrected chi connectivity index (χ2v) is 5.44. The van der Waals surface area contributed by atoms with Crippen LogP contribution in [-0.4, -0.2) is 25.7 Å². The monoisotopic (exact) mass is 327 g/mol. The van der Waals surface area contributed by atoms with E-state index in [9.17, 15) is 9.59 Å². The number of amides is 1. The smallest absolute Gasteiger partial charge is 0.414 e. The third kappa shape index (κ3) is 3.93. The maximum atomic E-state index is 12.4. The van der Waals surface area contributed by atoms with Crippen molar-refractivity contribution in [2.45, 2.75) is 20.8 Å². The quantitative estimate of drug-likeness (QED) is 0.626. The highest BCUT2D eigenvalue weighted by Gasteiger charge is 2.21. The van der Waals surface area contributed by atoms with E-state index in [2.05, 4.69) is 0 Å². The molecule has 126 valence electrons. The number of ether oxygens (including phenoxy) is 2. The number of anilines is 1. The molecule has 0 aliphatic carbocycles. The fraction of sp³-hybridized carbons (Fsp3) is 0.263.